The van der Waals surface area contributed by atoms with Crippen LogP contribution in [0, 0.1) is 0 Å². The van der Waals surface area contributed by atoms with E-state index < -0.39 is 14.6 Å². The predicted molar refractivity (Wildman–Crippen MR) is 96.1 cm³/mol. The zero-order valence-corrected chi connectivity index (χ0v) is 16.1. The van der Waals surface area contributed by atoms with Gasteiger partial charge in [0.15, 0.2) is 14.9 Å². The third kappa shape index (κ3) is 4.26. The highest BCUT2D eigenvalue weighted by atomic mass is 32.2. The monoisotopic (exact) mass is 355 g/mol. The molecular formula is C17H29N3O3S. The summed E-state index contributed by atoms with van der Waals surface area (Å²) >= 11 is 0. The van der Waals surface area contributed by atoms with Crippen LogP contribution in [0.4, 0.5) is 5.69 Å². The van der Waals surface area contributed by atoms with Crippen molar-refractivity contribution in [1.29, 1.82) is 0 Å². The fourth-order valence-corrected chi connectivity index (χ4v) is 3.69. The molecule has 136 valence electrons. The Kier molecular flexibility index (Phi) is 5.88. The van der Waals surface area contributed by atoms with Crippen LogP contribution >= 0.6 is 0 Å². The molecular weight excluding hydrogens is 326 g/mol. The Morgan fingerprint density at radius 3 is 2.33 bits per heavy atom. The van der Waals surface area contributed by atoms with E-state index in [1.807, 2.05) is 0 Å². The summed E-state index contributed by atoms with van der Waals surface area (Å²) < 4.78 is 29.3. The number of aromatic nitrogens is 1. The van der Waals surface area contributed by atoms with E-state index in [9.17, 15) is 8.42 Å². The van der Waals surface area contributed by atoms with Gasteiger partial charge < -0.3 is 10.1 Å². The van der Waals surface area contributed by atoms with Gasteiger partial charge in [0, 0.05) is 25.2 Å². The smallest absolute Gasteiger partial charge is 0.200 e. The standard InChI is InChI=1S/C17H29N3O3S/c1-13(14(2)20-8-10-23-11-9-20)19-15-6-7-16(18-12-15)24(21,22)17(3,4)5/h6-7,12-14,19H,8-11H2,1-5H3. The van der Waals surface area contributed by atoms with Crippen LogP contribution in [0.3, 0.4) is 0 Å². The number of nitrogens with zero attached hydrogens (tertiary/aromatic N) is 2. The first kappa shape index (κ1) is 19.1. The van der Waals surface area contributed by atoms with Crippen LogP contribution in [-0.4, -0.2) is 61.4 Å². The summed E-state index contributed by atoms with van der Waals surface area (Å²) in [5, 5.41) is 3.54. The van der Waals surface area contributed by atoms with Gasteiger partial charge in [0.1, 0.15) is 0 Å². The van der Waals surface area contributed by atoms with Crippen LogP contribution < -0.4 is 5.32 Å². The van der Waals surface area contributed by atoms with E-state index >= 15 is 0 Å². The number of hydrogen-bond donors (Lipinski definition) is 1. The Morgan fingerprint density at radius 1 is 1.21 bits per heavy atom. The van der Waals surface area contributed by atoms with Gasteiger partial charge in [0.05, 0.1) is 29.8 Å². The van der Waals surface area contributed by atoms with Crippen molar-refractivity contribution in [2.24, 2.45) is 0 Å². The first-order chi connectivity index (χ1) is 11.1. The number of rotatable bonds is 5. The van der Waals surface area contributed by atoms with Gasteiger partial charge in [-0.15, -0.1) is 0 Å². The van der Waals surface area contributed by atoms with Crippen molar-refractivity contribution < 1.29 is 13.2 Å². The second-order valence-electron chi connectivity index (χ2n) is 7.32. The quantitative estimate of drug-likeness (QED) is 0.873. The van der Waals surface area contributed by atoms with Crippen molar-refractivity contribution in [3.63, 3.8) is 0 Å². The zero-order chi connectivity index (χ0) is 18.0. The number of ether oxygens (including phenoxy) is 1. The van der Waals surface area contributed by atoms with E-state index in [2.05, 4.69) is 29.0 Å². The van der Waals surface area contributed by atoms with Gasteiger partial charge >= 0.3 is 0 Å². The summed E-state index contributed by atoms with van der Waals surface area (Å²) in [5.74, 6) is 0. The highest BCUT2D eigenvalue weighted by Crippen LogP contribution is 2.24. The van der Waals surface area contributed by atoms with Crippen LogP contribution in [0.25, 0.3) is 0 Å². The van der Waals surface area contributed by atoms with Crippen molar-refractivity contribution in [2.45, 2.75) is 56.5 Å². The lowest BCUT2D eigenvalue weighted by Gasteiger charge is -2.36. The van der Waals surface area contributed by atoms with Crippen molar-refractivity contribution in [1.82, 2.24) is 9.88 Å². The molecule has 1 saturated heterocycles. The lowest BCUT2D eigenvalue weighted by Crippen LogP contribution is -2.48. The molecule has 24 heavy (non-hydrogen) atoms. The van der Waals surface area contributed by atoms with Crippen molar-refractivity contribution >= 4 is 15.5 Å². The molecule has 2 heterocycles. The normalized spacial score (nSPS) is 19.7. The summed E-state index contributed by atoms with van der Waals surface area (Å²) in [6.07, 6.45) is 1.60. The van der Waals surface area contributed by atoms with Crippen molar-refractivity contribution in [3.05, 3.63) is 18.3 Å². The molecule has 2 atom stereocenters. The fourth-order valence-electron chi connectivity index (χ4n) is 2.62. The van der Waals surface area contributed by atoms with Gasteiger partial charge in [0.25, 0.3) is 0 Å². The Hall–Kier alpha value is -1.18. The molecule has 1 aromatic rings. The lowest BCUT2D eigenvalue weighted by atomic mass is 10.1. The average Bonchev–Trinajstić information content (AvgIpc) is 2.54. The molecule has 2 rings (SSSR count). The molecule has 0 saturated carbocycles. The molecule has 1 aromatic heterocycles. The molecule has 0 amide bonds. The second kappa shape index (κ2) is 7.37. The van der Waals surface area contributed by atoms with E-state index in [1.165, 1.54) is 0 Å². The van der Waals surface area contributed by atoms with E-state index in [1.54, 1.807) is 39.1 Å². The van der Waals surface area contributed by atoms with Gasteiger partial charge in [-0.1, -0.05) is 0 Å². The molecule has 6 nitrogen and oxygen atoms in total. The topological polar surface area (TPSA) is 71.5 Å². The maximum absolute atomic E-state index is 12.4. The van der Waals surface area contributed by atoms with E-state index in [4.69, 9.17) is 4.74 Å². The third-order valence-corrected chi connectivity index (χ3v) is 6.96. The number of morpholine rings is 1. The van der Waals surface area contributed by atoms with E-state index in [-0.39, 0.29) is 11.1 Å². The number of nitrogens with one attached hydrogen (secondary N) is 1. The SMILES string of the molecule is CC(Nc1ccc(S(=O)(=O)C(C)(C)C)nc1)C(C)N1CCOCC1. The molecule has 0 aromatic carbocycles. The average molecular weight is 356 g/mol. The van der Waals surface area contributed by atoms with Crippen molar-refractivity contribution in [2.75, 3.05) is 31.6 Å². The molecule has 1 fully saturated rings. The molecule has 0 aliphatic carbocycles. The van der Waals surface area contributed by atoms with Gasteiger partial charge in [-0.3, -0.25) is 4.90 Å². The van der Waals surface area contributed by atoms with E-state index in [0.29, 0.717) is 6.04 Å². The Labute approximate surface area is 145 Å². The zero-order valence-electron chi connectivity index (χ0n) is 15.2. The number of anilines is 1. The highest BCUT2D eigenvalue weighted by Gasteiger charge is 2.32. The van der Waals surface area contributed by atoms with Gasteiger partial charge in [-0.2, -0.15) is 0 Å². The minimum atomic E-state index is -3.42. The van der Waals surface area contributed by atoms with Crippen LogP contribution in [0.5, 0.6) is 0 Å². The predicted octanol–water partition coefficient (Wildman–Crippen LogP) is 2.17. The molecule has 0 spiro atoms. The van der Waals surface area contributed by atoms with Crippen LogP contribution in [0.15, 0.2) is 23.4 Å². The first-order valence-electron chi connectivity index (χ1n) is 8.42. The summed E-state index contributed by atoms with van der Waals surface area (Å²) in [5.41, 5.74) is 0.829. The minimum absolute atomic E-state index is 0.120. The second-order valence-corrected chi connectivity index (χ2v) is 9.97. The van der Waals surface area contributed by atoms with E-state index in [0.717, 1.165) is 32.0 Å². The Balaban J connectivity index is 2.03. The lowest BCUT2D eigenvalue weighted by molar-refractivity contribution is 0.0176. The van der Waals surface area contributed by atoms with Gasteiger partial charge in [-0.05, 0) is 46.8 Å². The third-order valence-electron chi connectivity index (χ3n) is 4.56. The molecule has 1 N–H and O–H groups in total. The summed E-state index contributed by atoms with van der Waals surface area (Å²) in [6, 6.07) is 3.94. The molecule has 0 radical (unpaired) electrons. The number of pyridine rings is 1. The maximum Gasteiger partial charge on any atom is 0.200 e. The summed E-state index contributed by atoms with van der Waals surface area (Å²) in [6.45, 7) is 12.8. The Morgan fingerprint density at radius 2 is 1.83 bits per heavy atom. The minimum Gasteiger partial charge on any atom is -0.380 e. The summed E-state index contributed by atoms with van der Waals surface area (Å²) in [4.78, 5) is 6.55. The number of sulfone groups is 1. The fraction of sp³-hybridized carbons (Fsp3) is 0.706. The molecule has 0 bridgehead atoms. The van der Waals surface area contributed by atoms with Crippen LogP contribution in [0.2, 0.25) is 0 Å². The molecule has 7 heteroatoms. The highest BCUT2D eigenvalue weighted by molar-refractivity contribution is 7.92. The van der Waals surface area contributed by atoms with Gasteiger partial charge in [-0.25, -0.2) is 13.4 Å². The maximum atomic E-state index is 12.4. The molecule has 1 aliphatic rings. The molecule has 1 aliphatic heterocycles. The van der Waals surface area contributed by atoms with Crippen LogP contribution in [-0.2, 0) is 14.6 Å². The largest absolute Gasteiger partial charge is 0.380 e. The Bertz CT molecular complexity index is 632. The van der Waals surface area contributed by atoms with Crippen molar-refractivity contribution in [3.8, 4) is 0 Å². The number of hydrogen-bond acceptors (Lipinski definition) is 6. The van der Waals surface area contributed by atoms with Gasteiger partial charge in [0.2, 0.25) is 0 Å². The summed E-state index contributed by atoms with van der Waals surface area (Å²) in [7, 11) is -3.42. The molecule has 2 unspecified atom stereocenters. The first-order valence-corrected chi connectivity index (χ1v) is 9.90. The van der Waals surface area contributed by atoms with Crippen LogP contribution in [0.1, 0.15) is 34.6 Å².